The van der Waals surface area contributed by atoms with Gasteiger partial charge in [0.2, 0.25) is 5.91 Å². The van der Waals surface area contributed by atoms with E-state index < -0.39 is 5.41 Å². The lowest BCUT2D eigenvalue weighted by molar-refractivity contribution is -0.129. The molecule has 0 saturated heterocycles. The van der Waals surface area contributed by atoms with Crippen molar-refractivity contribution in [1.82, 2.24) is 5.32 Å². The number of aliphatic hydroxyl groups is 1. The van der Waals surface area contributed by atoms with E-state index in [0.717, 1.165) is 0 Å². The zero-order chi connectivity index (χ0) is 12.1. The van der Waals surface area contributed by atoms with Gasteiger partial charge in [-0.25, -0.2) is 0 Å². The van der Waals surface area contributed by atoms with Crippen LogP contribution >= 0.6 is 0 Å². The summed E-state index contributed by atoms with van der Waals surface area (Å²) in [5.41, 5.74) is 4.91. The number of hydrogen-bond donors (Lipinski definition) is 3. The fourth-order valence-corrected chi connectivity index (χ4v) is 1.04. The molecule has 0 aliphatic heterocycles. The van der Waals surface area contributed by atoms with E-state index in [1.165, 1.54) is 0 Å². The van der Waals surface area contributed by atoms with Crippen molar-refractivity contribution in [2.45, 2.75) is 34.1 Å². The molecule has 0 aliphatic rings. The Kier molecular flexibility index (Phi) is 5.24. The van der Waals surface area contributed by atoms with Gasteiger partial charge < -0.3 is 16.2 Å². The fourth-order valence-electron chi connectivity index (χ4n) is 1.04. The molecule has 0 aliphatic carbocycles. The molecular formula is C11H24N2O2. The van der Waals surface area contributed by atoms with Gasteiger partial charge in [0.05, 0.1) is 5.41 Å². The predicted molar refractivity (Wildman–Crippen MR) is 61.3 cm³/mol. The molecule has 0 saturated carbocycles. The third-order valence-electron chi connectivity index (χ3n) is 2.64. The summed E-state index contributed by atoms with van der Waals surface area (Å²) in [5.74, 6) is -0.0315. The summed E-state index contributed by atoms with van der Waals surface area (Å²) < 4.78 is 0. The van der Waals surface area contributed by atoms with E-state index in [4.69, 9.17) is 10.8 Å². The van der Waals surface area contributed by atoms with Crippen LogP contribution in [-0.2, 0) is 4.79 Å². The number of amides is 1. The topological polar surface area (TPSA) is 75.3 Å². The first-order valence-corrected chi connectivity index (χ1v) is 5.34. The first-order chi connectivity index (χ1) is 6.75. The van der Waals surface area contributed by atoms with E-state index in [9.17, 15) is 4.79 Å². The summed E-state index contributed by atoms with van der Waals surface area (Å²) in [6.07, 6.45) is 0.677. The molecule has 0 aromatic carbocycles. The highest BCUT2D eigenvalue weighted by Crippen LogP contribution is 2.19. The second-order valence-corrected chi connectivity index (χ2v) is 5.41. The molecule has 0 unspecified atom stereocenters. The first kappa shape index (κ1) is 14.4. The summed E-state index contributed by atoms with van der Waals surface area (Å²) in [6, 6.07) is 0. The minimum absolute atomic E-state index is 0.0315. The summed E-state index contributed by atoms with van der Waals surface area (Å²) in [5, 5.41) is 11.7. The molecule has 0 fully saturated rings. The van der Waals surface area contributed by atoms with Crippen LogP contribution in [0.2, 0.25) is 0 Å². The highest BCUT2D eigenvalue weighted by atomic mass is 16.3. The highest BCUT2D eigenvalue weighted by molar-refractivity contribution is 5.82. The third kappa shape index (κ3) is 5.14. The van der Waals surface area contributed by atoms with E-state index in [0.29, 0.717) is 19.5 Å². The molecule has 15 heavy (non-hydrogen) atoms. The summed E-state index contributed by atoms with van der Waals surface area (Å²) in [7, 11) is 0. The van der Waals surface area contributed by atoms with Crippen LogP contribution in [0.3, 0.4) is 0 Å². The van der Waals surface area contributed by atoms with Gasteiger partial charge in [-0.05, 0) is 25.7 Å². The summed E-state index contributed by atoms with van der Waals surface area (Å²) in [6.45, 7) is 8.71. The predicted octanol–water partition coefficient (Wildman–Crippen LogP) is 0.496. The number of carbonyl (C=O) groups excluding carboxylic acids is 1. The zero-order valence-corrected chi connectivity index (χ0v) is 10.3. The van der Waals surface area contributed by atoms with Crippen LogP contribution in [0.15, 0.2) is 0 Å². The van der Waals surface area contributed by atoms with Gasteiger partial charge in [0.1, 0.15) is 0 Å². The minimum atomic E-state index is -0.519. The van der Waals surface area contributed by atoms with Crippen LogP contribution in [0.25, 0.3) is 0 Å². The smallest absolute Gasteiger partial charge is 0.226 e. The number of aliphatic hydroxyl groups excluding tert-OH is 1. The Hall–Kier alpha value is -0.610. The van der Waals surface area contributed by atoms with Crippen LogP contribution < -0.4 is 11.1 Å². The van der Waals surface area contributed by atoms with Crippen molar-refractivity contribution >= 4 is 5.91 Å². The van der Waals surface area contributed by atoms with E-state index in [1.807, 2.05) is 27.7 Å². The van der Waals surface area contributed by atoms with E-state index in [-0.39, 0.29) is 17.9 Å². The average Bonchev–Trinajstić information content (AvgIpc) is 2.14. The summed E-state index contributed by atoms with van der Waals surface area (Å²) in [4.78, 5) is 11.7. The van der Waals surface area contributed by atoms with Crippen molar-refractivity contribution in [3.63, 3.8) is 0 Å². The Morgan fingerprint density at radius 3 is 2.27 bits per heavy atom. The van der Waals surface area contributed by atoms with Gasteiger partial charge in [-0.3, -0.25) is 4.79 Å². The monoisotopic (exact) mass is 216 g/mol. The Balaban J connectivity index is 4.11. The van der Waals surface area contributed by atoms with Gasteiger partial charge in [-0.1, -0.05) is 13.8 Å². The average molecular weight is 216 g/mol. The molecule has 4 nitrogen and oxygen atoms in total. The van der Waals surface area contributed by atoms with Gasteiger partial charge >= 0.3 is 0 Å². The quantitative estimate of drug-likeness (QED) is 0.605. The highest BCUT2D eigenvalue weighted by Gasteiger charge is 2.27. The molecule has 0 aromatic rings. The number of hydrogen-bond acceptors (Lipinski definition) is 3. The second-order valence-electron chi connectivity index (χ2n) is 5.41. The van der Waals surface area contributed by atoms with Gasteiger partial charge in [0.25, 0.3) is 0 Å². The minimum Gasteiger partial charge on any atom is -0.396 e. The Morgan fingerprint density at radius 2 is 1.87 bits per heavy atom. The Morgan fingerprint density at radius 1 is 1.33 bits per heavy atom. The Labute approximate surface area is 92.2 Å². The first-order valence-electron chi connectivity index (χ1n) is 5.34. The second kappa shape index (κ2) is 5.47. The molecule has 90 valence electrons. The molecular weight excluding hydrogens is 192 g/mol. The molecule has 4 N–H and O–H groups in total. The van der Waals surface area contributed by atoms with Crippen LogP contribution in [0.1, 0.15) is 34.1 Å². The van der Waals surface area contributed by atoms with Crippen molar-refractivity contribution in [3.05, 3.63) is 0 Å². The number of nitrogens with one attached hydrogen (secondary N) is 1. The van der Waals surface area contributed by atoms with Gasteiger partial charge in [-0.15, -0.1) is 0 Å². The SMILES string of the molecule is CC(C)(CCO)CNC(=O)C(C)(C)CN. The third-order valence-corrected chi connectivity index (χ3v) is 2.64. The molecule has 0 atom stereocenters. The zero-order valence-electron chi connectivity index (χ0n) is 10.3. The fraction of sp³-hybridized carbons (Fsp3) is 0.909. The molecule has 0 rings (SSSR count). The number of rotatable bonds is 6. The van der Waals surface area contributed by atoms with Crippen molar-refractivity contribution in [3.8, 4) is 0 Å². The van der Waals surface area contributed by atoms with Crippen molar-refractivity contribution in [2.24, 2.45) is 16.6 Å². The van der Waals surface area contributed by atoms with E-state index in [1.54, 1.807) is 0 Å². The van der Waals surface area contributed by atoms with Crippen LogP contribution in [0, 0.1) is 10.8 Å². The molecule has 0 spiro atoms. The number of nitrogens with two attached hydrogens (primary N) is 1. The van der Waals surface area contributed by atoms with E-state index in [2.05, 4.69) is 5.32 Å². The maximum atomic E-state index is 11.7. The molecule has 0 aromatic heterocycles. The Bertz CT molecular complexity index is 213. The van der Waals surface area contributed by atoms with Gasteiger partial charge in [0.15, 0.2) is 0 Å². The molecule has 0 heterocycles. The van der Waals surface area contributed by atoms with Crippen LogP contribution in [0.4, 0.5) is 0 Å². The summed E-state index contributed by atoms with van der Waals surface area (Å²) >= 11 is 0. The maximum absolute atomic E-state index is 11.7. The molecule has 4 heteroatoms. The normalized spacial score (nSPS) is 12.7. The maximum Gasteiger partial charge on any atom is 0.226 e. The van der Waals surface area contributed by atoms with E-state index >= 15 is 0 Å². The lowest BCUT2D eigenvalue weighted by Crippen LogP contribution is -2.45. The van der Waals surface area contributed by atoms with Crippen molar-refractivity contribution in [2.75, 3.05) is 19.7 Å². The molecule has 1 amide bonds. The van der Waals surface area contributed by atoms with Crippen LogP contribution in [-0.4, -0.2) is 30.7 Å². The van der Waals surface area contributed by atoms with Crippen molar-refractivity contribution in [1.29, 1.82) is 0 Å². The van der Waals surface area contributed by atoms with Gasteiger partial charge in [-0.2, -0.15) is 0 Å². The lowest BCUT2D eigenvalue weighted by atomic mass is 9.88. The van der Waals surface area contributed by atoms with Gasteiger partial charge in [0, 0.05) is 19.7 Å². The standard InChI is InChI=1S/C11H24N2O2/c1-10(2,5-6-14)8-13-9(15)11(3,4)7-12/h14H,5-8,12H2,1-4H3,(H,13,15). The molecule has 0 bridgehead atoms. The largest absolute Gasteiger partial charge is 0.396 e. The lowest BCUT2D eigenvalue weighted by Gasteiger charge is -2.27. The number of carbonyl (C=O) groups is 1. The molecule has 0 radical (unpaired) electrons. The van der Waals surface area contributed by atoms with Crippen molar-refractivity contribution < 1.29 is 9.90 Å². The van der Waals surface area contributed by atoms with Crippen LogP contribution in [0.5, 0.6) is 0 Å².